The van der Waals surface area contributed by atoms with E-state index < -0.39 is 0 Å². The summed E-state index contributed by atoms with van der Waals surface area (Å²) in [7, 11) is 0. The third-order valence-corrected chi connectivity index (χ3v) is 4.37. The number of hydrogen-bond donors (Lipinski definition) is 1. The number of hydrogen-bond acceptors (Lipinski definition) is 2. The highest BCUT2D eigenvalue weighted by atomic mass is 19.1. The van der Waals surface area contributed by atoms with Gasteiger partial charge in [0.05, 0.1) is 17.4 Å². The molecule has 2 aromatic heterocycles. The standard InChI is InChI=1S/C22H24FN3/c1-4-7-18(26-13-11-17-10-12-24-15-21(17)26)14-19-16(5-2)8-9-20(23)22(19)25-6-3/h5,7-15,25H,4,6H2,1-3H3/b16-5-,18-7-,19-14+. The van der Waals surface area contributed by atoms with E-state index in [1.165, 1.54) is 6.07 Å². The highest BCUT2D eigenvalue weighted by molar-refractivity contribution is 5.89. The summed E-state index contributed by atoms with van der Waals surface area (Å²) in [6, 6.07) is 7.40. The molecule has 26 heavy (non-hydrogen) atoms. The zero-order valence-electron chi connectivity index (χ0n) is 15.5. The summed E-state index contributed by atoms with van der Waals surface area (Å²) < 4.78 is 16.6. The summed E-state index contributed by atoms with van der Waals surface area (Å²) in [6.45, 7) is 6.70. The lowest BCUT2D eigenvalue weighted by molar-refractivity contribution is 0.629. The van der Waals surface area contributed by atoms with Crippen LogP contribution in [-0.4, -0.2) is 16.1 Å². The second-order valence-electron chi connectivity index (χ2n) is 6.05. The minimum atomic E-state index is -0.237. The third-order valence-electron chi connectivity index (χ3n) is 4.37. The number of anilines is 1. The van der Waals surface area contributed by atoms with Crippen LogP contribution >= 0.6 is 0 Å². The average Bonchev–Trinajstić information content (AvgIpc) is 3.08. The zero-order valence-corrected chi connectivity index (χ0v) is 15.5. The van der Waals surface area contributed by atoms with Gasteiger partial charge < -0.3 is 9.88 Å². The number of halogens is 1. The Balaban J connectivity index is 2.30. The fraction of sp³-hybridized carbons (Fsp3) is 0.227. The smallest absolute Gasteiger partial charge is 0.146 e. The number of benzene rings is 1. The number of fused-ring (bicyclic) bond motifs is 1. The summed E-state index contributed by atoms with van der Waals surface area (Å²) >= 11 is 0. The average molecular weight is 349 g/mol. The Morgan fingerprint density at radius 2 is 2.08 bits per heavy atom. The van der Waals surface area contributed by atoms with Crippen molar-refractivity contribution in [2.24, 2.45) is 0 Å². The van der Waals surface area contributed by atoms with Gasteiger partial charge in [0.25, 0.3) is 0 Å². The van der Waals surface area contributed by atoms with Crippen LogP contribution in [0.25, 0.3) is 28.8 Å². The molecule has 0 aliphatic heterocycles. The topological polar surface area (TPSA) is 29.9 Å². The Hall–Kier alpha value is -2.88. The second kappa shape index (κ2) is 8.00. The van der Waals surface area contributed by atoms with Gasteiger partial charge in [0.1, 0.15) is 5.82 Å². The van der Waals surface area contributed by atoms with E-state index in [1.807, 2.05) is 50.5 Å². The van der Waals surface area contributed by atoms with Gasteiger partial charge in [0.15, 0.2) is 0 Å². The van der Waals surface area contributed by atoms with E-state index in [2.05, 4.69) is 33.9 Å². The van der Waals surface area contributed by atoms with Crippen molar-refractivity contribution < 1.29 is 4.39 Å². The molecule has 0 amide bonds. The van der Waals surface area contributed by atoms with Crippen LogP contribution in [0.4, 0.5) is 10.1 Å². The Morgan fingerprint density at radius 1 is 1.23 bits per heavy atom. The second-order valence-corrected chi connectivity index (χ2v) is 6.05. The molecular formula is C22H24FN3. The minimum absolute atomic E-state index is 0.237. The Bertz CT molecular complexity index is 1060. The summed E-state index contributed by atoms with van der Waals surface area (Å²) in [5.74, 6) is -0.237. The van der Waals surface area contributed by atoms with Gasteiger partial charge in [0.2, 0.25) is 0 Å². The van der Waals surface area contributed by atoms with Crippen LogP contribution in [0.15, 0.2) is 48.9 Å². The van der Waals surface area contributed by atoms with Crippen LogP contribution < -0.4 is 15.8 Å². The molecule has 0 bridgehead atoms. The summed E-state index contributed by atoms with van der Waals surface area (Å²) in [6.07, 6.45) is 12.8. The fourth-order valence-electron chi connectivity index (χ4n) is 3.16. The quantitative estimate of drug-likeness (QED) is 0.750. The first-order valence-corrected chi connectivity index (χ1v) is 9.01. The van der Waals surface area contributed by atoms with Gasteiger partial charge in [-0.1, -0.05) is 25.1 Å². The molecule has 3 rings (SSSR count). The maximum absolute atomic E-state index is 14.5. The van der Waals surface area contributed by atoms with Crippen molar-refractivity contribution in [3.05, 3.63) is 65.2 Å². The van der Waals surface area contributed by atoms with Crippen LogP contribution in [0.5, 0.6) is 0 Å². The molecule has 0 saturated carbocycles. The molecule has 4 heteroatoms. The van der Waals surface area contributed by atoms with Gasteiger partial charge in [-0.05, 0) is 49.8 Å². The molecule has 1 N–H and O–H groups in total. The van der Waals surface area contributed by atoms with Crippen LogP contribution in [0.1, 0.15) is 27.2 Å². The Kier molecular flexibility index (Phi) is 5.52. The number of aromatic nitrogens is 2. The normalized spacial score (nSPS) is 13.6. The first-order valence-electron chi connectivity index (χ1n) is 9.01. The third kappa shape index (κ3) is 3.40. The van der Waals surface area contributed by atoms with Gasteiger partial charge >= 0.3 is 0 Å². The zero-order chi connectivity index (χ0) is 18.5. The largest absolute Gasteiger partial charge is 0.382 e. The van der Waals surface area contributed by atoms with Gasteiger partial charge in [0, 0.05) is 35.2 Å². The molecular weight excluding hydrogens is 325 g/mol. The Morgan fingerprint density at radius 3 is 2.81 bits per heavy atom. The van der Waals surface area contributed by atoms with Crippen molar-refractivity contribution in [1.29, 1.82) is 0 Å². The molecule has 0 aliphatic carbocycles. The van der Waals surface area contributed by atoms with Crippen molar-refractivity contribution in [3.63, 3.8) is 0 Å². The lowest BCUT2D eigenvalue weighted by Crippen LogP contribution is -2.29. The highest BCUT2D eigenvalue weighted by Crippen LogP contribution is 2.20. The molecule has 0 aliphatic rings. The predicted molar refractivity (Wildman–Crippen MR) is 109 cm³/mol. The van der Waals surface area contributed by atoms with Crippen LogP contribution in [0.3, 0.4) is 0 Å². The van der Waals surface area contributed by atoms with Crippen LogP contribution in [0.2, 0.25) is 0 Å². The molecule has 0 atom stereocenters. The molecule has 3 aromatic rings. The highest BCUT2D eigenvalue weighted by Gasteiger charge is 2.07. The molecule has 134 valence electrons. The Labute approximate surface area is 153 Å². The molecule has 3 nitrogen and oxygen atoms in total. The molecule has 0 spiro atoms. The van der Waals surface area contributed by atoms with E-state index in [1.54, 1.807) is 6.20 Å². The molecule has 0 radical (unpaired) electrons. The van der Waals surface area contributed by atoms with Gasteiger partial charge in [-0.2, -0.15) is 0 Å². The molecule has 0 unspecified atom stereocenters. The van der Waals surface area contributed by atoms with Crippen molar-refractivity contribution in [2.45, 2.75) is 27.2 Å². The van der Waals surface area contributed by atoms with Crippen molar-refractivity contribution in [1.82, 2.24) is 9.55 Å². The lowest BCUT2D eigenvalue weighted by atomic mass is 10.1. The number of allylic oxidation sites excluding steroid dienone is 2. The van der Waals surface area contributed by atoms with Gasteiger partial charge in [-0.3, -0.25) is 4.98 Å². The van der Waals surface area contributed by atoms with Crippen molar-refractivity contribution >= 4 is 34.4 Å². The first kappa shape index (κ1) is 17.9. The van der Waals surface area contributed by atoms with E-state index in [9.17, 15) is 4.39 Å². The molecule has 2 heterocycles. The lowest BCUT2D eigenvalue weighted by Gasteiger charge is -2.10. The number of rotatable bonds is 5. The van der Waals surface area contributed by atoms with E-state index in [0.717, 1.165) is 33.5 Å². The molecule has 0 saturated heterocycles. The van der Waals surface area contributed by atoms with E-state index in [0.29, 0.717) is 12.2 Å². The van der Waals surface area contributed by atoms with E-state index in [4.69, 9.17) is 0 Å². The SMILES string of the molecule is C/C=c1/ccc(F)c(NCC)/c1=C/C(=C/CC)n1ccc2ccncc21. The number of pyridine rings is 1. The van der Waals surface area contributed by atoms with Gasteiger partial charge in [-0.15, -0.1) is 0 Å². The van der Waals surface area contributed by atoms with Gasteiger partial charge in [-0.25, -0.2) is 4.39 Å². The molecule has 1 aromatic carbocycles. The van der Waals surface area contributed by atoms with Crippen molar-refractivity contribution in [3.8, 4) is 0 Å². The first-order chi connectivity index (χ1) is 12.7. The van der Waals surface area contributed by atoms with E-state index in [-0.39, 0.29) is 5.82 Å². The summed E-state index contributed by atoms with van der Waals surface area (Å²) in [5, 5.41) is 6.16. The summed E-state index contributed by atoms with van der Waals surface area (Å²) in [5.41, 5.74) is 2.58. The predicted octanol–water partition coefficient (Wildman–Crippen LogP) is 4.14. The summed E-state index contributed by atoms with van der Waals surface area (Å²) in [4.78, 5) is 4.25. The van der Waals surface area contributed by atoms with Crippen LogP contribution in [-0.2, 0) is 0 Å². The molecule has 0 fully saturated rings. The maximum Gasteiger partial charge on any atom is 0.146 e. The number of nitrogens with zero attached hydrogens (tertiary/aromatic N) is 2. The van der Waals surface area contributed by atoms with Crippen LogP contribution in [0, 0.1) is 5.82 Å². The fourth-order valence-corrected chi connectivity index (χ4v) is 3.16. The number of nitrogens with one attached hydrogen (secondary N) is 1. The van der Waals surface area contributed by atoms with Crippen molar-refractivity contribution in [2.75, 3.05) is 11.9 Å². The maximum atomic E-state index is 14.5. The minimum Gasteiger partial charge on any atom is -0.382 e. The monoisotopic (exact) mass is 349 g/mol. The van der Waals surface area contributed by atoms with E-state index >= 15 is 0 Å².